The first-order valence-electron chi connectivity index (χ1n) is 16.1. The molecule has 13 nitrogen and oxygen atoms in total. The Labute approximate surface area is 278 Å². The summed E-state index contributed by atoms with van der Waals surface area (Å²) < 4.78 is 22.0. The van der Waals surface area contributed by atoms with Crippen molar-refractivity contribution in [2.24, 2.45) is 5.73 Å². The number of fused-ring (bicyclic) bond motifs is 5. The summed E-state index contributed by atoms with van der Waals surface area (Å²) in [5, 5.41) is 23.8. The molecule has 1 aliphatic carbocycles. The third-order valence-corrected chi connectivity index (χ3v) is 10.2. The first kappa shape index (κ1) is 32.2. The lowest BCUT2D eigenvalue weighted by atomic mass is 9.81. The van der Waals surface area contributed by atoms with E-state index in [1.165, 1.54) is 6.07 Å². The smallest absolute Gasteiger partial charge is 0.343 e. The largest absolute Gasteiger partial charge is 0.480 e. The highest BCUT2D eigenvalue weighted by Crippen LogP contribution is 2.47. The number of nitrogens with zero attached hydrogens (tertiary/aromatic N) is 3. The van der Waals surface area contributed by atoms with Crippen LogP contribution in [0.4, 0.5) is 4.39 Å². The zero-order valence-electron chi connectivity index (χ0n) is 26.8. The van der Waals surface area contributed by atoms with Gasteiger partial charge in [-0.05, 0) is 60.6 Å². The molecule has 0 saturated carbocycles. The number of carboxylic acid groups (broad SMARTS) is 1. The molecule has 5 heterocycles. The Hall–Kier alpha value is -5.37. The highest BCUT2D eigenvalue weighted by atomic mass is 19.1. The first-order chi connectivity index (χ1) is 23.3. The fourth-order valence-corrected chi connectivity index (χ4v) is 7.60. The van der Waals surface area contributed by atoms with Crippen LogP contribution in [0, 0.1) is 12.7 Å². The maximum atomic E-state index is 15.3. The van der Waals surface area contributed by atoms with E-state index < -0.39 is 41.8 Å². The summed E-state index contributed by atoms with van der Waals surface area (Å²) >= 11 is 0. The van der Waals surface area contributed by atoms with Crippen LogP contribution in [0.1, 0.15) is 72.0 Å². The second kappa shape index (κ2) is 11.7. The minimum atomic E-state index is -1.98. The standard InChI is InChI=1S/C35H34FN5O8/c1-3-35(48)21-11-26-31-19(14-41(26)32(44)20(21)15-49-34(35)47)30-25(5-4-18-16(2)22(36)12-23(39-31)29(18)30)40-8-6-17(7-9-40)10-28(43)38-24(33(45)46)13-27(37)42/h6-8,11-12,24-25,48H,3-5,9-10,13-15H2,1-2H3,(H2,37,42)(H,38,43)(H,45,46)/t24-,25-,35-/m0/s1. The number of primary amides is 1. The van der Waals surface area contributed by atoms with Gasteiger partial charge in [-0.25, -0.2) is 19.0 Å². The number of pyridine rings is 2. The van der Waals surface area contributed by atoms with Gasteiger partial charge < -0.3 is 35.5 Å². The van der Waals surface area contributed by atoms with Gasteiger partial charge in [0, 0.05) is 35.3 Å². The molecule has 1 aromatic carbocycles. The Morgan fingerprint density at radius 2 is 2.00 bits per heavy atom. The van der Waals surface area contributed by atoms with Crippen LogP contribution in [-0.4, -0.2) is 61.0 Å². The Morgan fingerprint density at radius 1 is 1.22 bits per heavy atom. The van der Waals surface area contributed by atoms with Crippen LogP contribution >= 0.6 is 0 Å². The number of aromatic nitrogens is 2. The number of aliphatic hydroxyl groups is 1. The zero-order chi connectivity index (χ0) is 34.9. The van der Waals surface area contributed by atoms with Crippen molar-refractivity contribution in [3.63, 3.8) is 0 Å². The van der Waals surface area contributed by atoms with E-state index in [1.807, 2.05) is 12.3 Å². The predicted molar refractivity (Wildman–Crippen MR) is 172 cm³/mol. The van der Waals surface area contributed by atoms with Crippen LogP contribution in [0.3, 0.4) is 0 Å². The SMILES string of the molecule is CC[C@@]1(O)C(=O)OCc2c1cc1n(c2=O)Cc2c-1nc1cc(F)c(C)c3c1c2[C@@H](N1C=CC(CC(=O)N[C@@H](CC(N)=O)C(=O)O)=CC1)CC3. The highest BCUT2D eigenvalue weighted by molar-refractivity contribution is 5.93. The molecule has 0 radical (unpaired) electrons. The van der Waals surface area contributed by atoms with Crippen molar-refractivity contribution in [2.75, 3.05) is 6.54 Å². The predicted octanol–water partition coefficient (Wildman–Crippen LogP) is 2.11. The molecule has 14 heteroatoms. The Kier molecular flexibility index (Phi) is 7.65. The van der Waals surface area contributed by atoms with Crippen LogP contribution in [0.5, 0.6) is 0 Å². The molecule has 0 bridgehead atoms. The molecule has 2 amide bonds. The Balaban J connectivity index is 1.26. The summed E-state index contributed by atoms with van der Waals surface area (Å²) in [7, 11) is 0. The van der Waals surface area contributed by atoms with Gasteiger partial charge in [0.25, 0.3) is 5.56 Å². The number of ether oxygens (including phenoxy) is 1. The Bertz CT molecular complexity index is 2140. The van der Waals surface area contributed by atoms with Crippen LogP contribution < -0.4 is 16.6 Å². The molecule has 7 rings (SSSR count). The Morgan fingerprint density at radius 3 is 2.67 bits per heavy atom. The van der Waals surface area contributed by atoms with Crippen molar-refractivity contribution < 1.29 is 38.5 Å². The lowest BCUT2D eigenvalue weighted by molar-refractivity contribution is -0.172. The van der Waals surface area contributed by atoms with Gasteiger partial charge in [-0.1, -0.05) is 13.0 Å². The highest BCUT2D eigenvalue weighted by Gasteiger charge is 2.46. The average molecular weight is 672 g/mol. The summed E-state index contributed by atoms with van der Waals surface area (Å²) in [6.07, 6.45) is 6.09. The van der Waals surface area contributed by atoms with Gasteiger partial charge >= 0.3 is 11.9 Å². The molecule has 5 N–H and O–H groups in total. The lowest BCUT2D eigenvalue weighted by Gasteiger charge is -2.37. The van der Waals surface area contributed by atoms with Crippen molar-refractivity contribution in [1.29, 1.82) is 0 Å². The lowest BCUT2D eigenvalue weighted by Crippen LogP contribution is -2.44. The number of carbonyl (C=O) groups excluding carboxylic acids is 3. The number of nitrogens with two attached hydrogens (primary N) is 1. The average Bonchev–Trinajstić information content (AvgIpc) is 3.44. The number of hydrogen-bond acceptors (Lipinski definition) is 9. The number of aliphatic carboxylic acids is 1. The molecule has 0 fully saturated rings. The van der Waals surface area contributed by atoms with E-state index in [1.54, 1.807) is 30.6 Å². The minimum Gasteiger partial charge on any atom is -0.480 e. The fourth-order valence-electron chi connectivity index (χ4n) is 7.60. The number of rotatable bonds is 8. The van der Waals surface area contributed by atoms with Crippen molar-refractivity contribution >= 4 is 34.7 Å². The normalized spacial score (nSPS) is 21.0. The zero-order valence-corrected chi connectivity index (χ0v) is 26.8. The minimum absolute atomic E-state index is 0.00683. The molecule has 0 spiro atoms. The molecule has 49 heavy (non-hydrogen) atoms. The van der Waals surface area contributed by atoms with E-state index >= 15 is 4.39 Å². The summed E-state index contributed by atoms with van der Waals surface area (Å²) in [4.78, 5) is 68.8. The second-order valence-corrected chi connectivity index (χ2v) is 13.0. The van der Waals surface area contributed by atoms with E-state index in [9.17, 15) is 34.2 Å². The number of cyclic esters (lactones) is 1. The topological polar surface area (TPSA) is 194 Å². The first-order valence-corrected chi connectivity index (χ1v) is 16.1. The van der Waals surface area contributed by atoms with Gasteiger partial charge in [-0.15, -0.1) is 0 Å². The number of esters is 1. The van der Waals surface area contributed by atoms with Gasteiger partial charge in [0.15, 0.2) is 5.60 Å². The number of allylic oxidation sites excluding steroid dienone is 1. The van der Waals surface area contributed by atoms with Crippen LogP contribution in [0.25, 0.3) is 22.3 Å². The maximum absolute atomic E-state index is 15.3. The summed E-state index contributed by atoms with van der Waals surface area (Å²) in [5.41, 5.74) is 8.29. The van der Waals surface area contributed by atoms with E-state index in [0.717, 1.165) is 22.1 Å². The van der Waals surface area contributed by atoms with Gasteiger partial charge in [0.05, 0.1) is 47.9 Å². The summed E-state index contributed by atoms with van der Waals surface area (Å²) in [6, 6.07) is 1.42. The van der Waals surface area contributed by atoms with Gasteiger partial charge in [0.2, 0.25) is 11.8 Å². The quantitative estimate of drug-likeness (QED) is 0.202. The molecule has 4 aliphatic rings. The molecule has 3 aromatic rings. The molecular weight excluding hydrogens is 637 g/mol. The van der Waals surface area contributed by atoms with E-state index in [2.05, 4.69) is 10.2 Å². The molecular formula is C35H34FN5O8. The number of carboxylic acids is 1. The number of benzene rings is 1. The third-order valence-electron chi connectivity index (χ3n) is 10.2. The molecule has 2 aromatic heterocycles. The monoisotopic (exact) mass is 671 g/mol. The number of carbonyl (C=O) groups is 4. The number of amides is 2. The number of nitrogens with one attached hydrogen (secondary N) is 1. The molecule has 3 aliphatic heterocycles. The molecule has 254 valence electrons. The van der Waals surface area contributed by atoms with Crippen LogP contribution in [0.2, 0.25) is 0 Å². The molecule has 0 unspecified atom stereocenters. The number of hydrogen-bond donors (Lipinski definition) is 4. The second-order valence-electron chi connectivity index (χ2n) is 13.0. The van der Waals surface area contributed by atoms with E-state index in [-0.39, 0.29) is 54.5 Å². The van der Waals surface area contributed by atoms with Crippen molar-refractivity contribution in [1.82, 2.24) is 19.8 Å². The van der Waals surface area contributed by atoms with E-state index in [4.69, 9.17) is 15.5 Å². The van der Waals surface area contributed by atoms with Gasteiger partial charge in [0.1, 0.15) is 18.5 Å². The number of aryl methyl sites for hydroxylation is 1. The van der Waals surface area contributed by atoms with Crippen LogP contribution in [0.15, 0.2) is 40.9 Å². The molecule has 0 saturated heterocycles. The fraction of sp³-hybridized carbons (Fsp3) is 0.371. The van der Waals surface area contributed by atoms with Crippen molar-refractivity contribution in [3.05, 3.63) is 85.6 Å². The van der Waals surface area contributed by atoms with Crippen LogP contribution in [-0.2, 0) is 49.1 Å². The molecule has 3 atom stereocenters. The summed E-state index contributed by atoms with van der Waals surface area (Å²) in [5.74, 6) is -3.97. The van der Waals surface area contributed by atoms with Gasteiger partial charge in [-0.3, -0.25) is 14.4 Å². The number of halogens is 1. The third kappa shape index (κ3) is 5.09. The van der Waals surface area contributed by atoms with E-state index in [0.29, 0.717) is 47.4 Å². The van der Waals surface area contributed by atoms with Crippen molar-refractivity contribution in [2.45, 2.75) is 76.8 Å². The van der Waals surface area contributed by atoms with Gasteiger partial charge in [-0.2, -0.15) is 0 Å². The van der Waals surface area contributed by atoms with Crippen molar-refractivity contribution in [3.8, 4) is 11.4 Å². The summed E-state index contributed by atoms with van der Waals surface area (Å²) in [6.45, 7) is 3.73. The maximum Gasteiger partial charge on any atom is 0.343 e.